The topological polar surface area (TPSA) is 87.2 Å². The summed E-state index contributed by atoms with van der Waals surface area (Å²) in [6, 6.07) is 6.75. The second kappa shape index (κ2) is 6.14. The molecule has 2 N–H and O–H groups in total. The number of rotatable bonds is 3. The van der Waals surface area contributed by atoms with E-state index in [0.717, 1.165) is 12.8 Å². The number of nitrogens with zero attached hydrogens (tertiary/aromatic N) is 2. The first-order valence-electron chi connectivity index (χ1n) is 7.12. The molecule has 0 aliphatic carbocycles. The summed E-state index contributed by atoms with van der Waals surface area (Å²) in [6.45, 7) is 4.64. The van der Waals surface area contributed by atoms with E-state index in [2.05, 4.69) is 0 Å². The van der Waals surface area contributed by atoms with Gasteiger partial charge in [0.2, 0.25) is 10.0 Å². The zero-order valence-corrected chi connectivity index (χ0v) is 13.2. The summed E-state index contributed by atoms with van der Waals surface area (Å²) in [7, 11) is -3.57. The monoisotopic (exact) mass is 307 g/mol. The Hall–Kier alpha value is -1.42. The number of benzene rings is 1. The van der Waals surface area contributed by atoms with Crippen LogP contribution in [0.2, 0.25) is 0 Å². The summed E-state index contributed by atoms with van der Waals surface area (Å²) in [5.74, 6) is 0.188. The summed E-state index contributed by atoms with van der Waals surface area (Å²) in [4.78, 5) is 0.229. The van der Waals surface area contributed by atoms with Crippen LogP contribution in [-0.2, 0) is 10.0 Å². The standard InChI is InChI=1S/C15H21N3O2S/c1-11-5-6-13(9-16)8-15(11)21(19,20)18-7-3-4-14(10-18)12(2)17/h5-6,8,12,14H,3-4,7,10,17H2,1-2H3/t12-,14+/m0/s1. The molecule has 6 heteroatoms. The predicted molar refractivity (Wildman–Crippen MR) is 81.0 cm³/mol. The molecule has 2 atom stereocenters. The van der Waals surface area contributed by atoms with Crippen molar-refractivity contribution in [2.24, 2.45) is 11.7 Å². The molecule has 1 aliphatic rings. The predicted octanol–water partition coefficient (Wildman–Crippen LogP) is 1.61. The third kappa shape index (κ3) is 3.26. The largest absolute Gasteiger partial charge is 0.328 e. The molecule has 1 fully saturated rings. The second-order valence-corrected chi connectivity index (χ2v) is 7.62. The number of piperidine rings is 1. The highest BCUT2D eigenvalue weighted by Gasteiger charge is 2.32. The van der Waals surface area contributed by atoms with Gasteiger partial charge in [-0.1, -0.05) is 6.07 Å². The van der Waals surface area contributed by atoms with E-state index in [0.29, 0.717) is 24.2 Å². The van der Waals surface area contributed by atoms with Gasteiger partial charge in [-0.2, -0.15) is 9.57 Å². The van der Waals surface area contributed by atoms with Gasteiger partial charge in [-0.3, -0.25) is 0 Å². The normalized spacial score (nSPS) is 21.7. The molecule has 2 rings (SSSR count). The van der Waals surface area contributed by atoms with E-state index in [9.17, 15) is 8.42 Å². The Labute approximate surface area is 126 Å². The maximum absolute atomic E-state index is 12.8. The number of hydrogen-bond acceptors (Lipinski definition) is 4. The lowest BCUT2D eigenvalue weighted by molar-refractivity contribution is 0.243. The van der Waals surface area contributed by atoms with Crippen LogP contribution < -0.4 is 5.73 Å². The molecule has 0 amide bonds. The Morgan fingerprint density at radius 1 is 1.48 bits per heavy atom. The highest BCUT2D eigenvalue weighted by Crippen LogP contribution is 2.27. The molecule has 0 bridgehead atoms. The van der Waals surface area contributed by atoms with Gasteiger partial charge in [0.15, 0.2) is 0 Å². The first-order chi connectivity index (χ1) is 9.86. The van der Waals surface area contributed by atoms with Gasteiger partial charge in [0.05, 0.1) is 16.5 Å². The fourth-order valence-electron chi connectivity index (χ4n) is 2.71. The molecule has 114 valence electrons. The summed E-state index contributed by atoms with van der Waals surface area (Å²) in [5, 5.41) is 8.97. The summed E-state index contributed by atoms with van der Waals surface area (Å²) in [5.41, 5.74) is 6.95. The minimum atomic E-state index is -3.57. The molecule has 0 saturated carbocycles. The van der Waals surface area contributed by atoms with Gasteiger partial charge >= 0.3 is 0 Å². The lowest BCUT2D eigenvalue weighted by Crippen LogP contribution is -2.45. The molecule has 21 heavy (non-hydrogen) atoms. The molecule has 1 aliphatic heterocycles. The average molecular weight is 307 g/mol. The Morgan fingerprint density at radius 3 is 2.81 bits per heavy atom. The van der Waals surface area contributed by atoms with Gasteiger partial charge in [-0.25, -0.2) is 8.42 Å². The maximum atomic E-state index is 12.8. The minimum Gasteiger partial charge on any atom is -0.328 e. The lowest BCUT2D eigenvalue weighted by Gasteiger charge is -2.34. The third-order valence-electron chi connectivity index (χ3n) is 4.10. The van der Waals surface area contributed by atoms with E-state index in [1.54, 1.807) is 19.1 Å². The Bertz CT molecular complexity index is 662. The maximum Gasteiger partial charge on any atom is 0.243 e. The first kappa shape index (κ1) is 16.0. The van der Waals surface area contributed by atoms with Crippen molar-refractivity contribution in [3.8, 4) is 6.07 Å². The fourth-order valence-corrected chi connectivity index (χ4v) is 4.49. The third-order valence-corrected chi connectivity index (χ3v) is 6.11. The molecular weight excluding hydrogens is 286 g/mol. The molecule has 1 heterocycles. The van der Waals surface area contributed by atoms with Crippen LogP contribution in [0.5, 0.6) is 0 Å². The van der Waals surface area contributed by atoms with E-state index in [4.69, 9.17) is 11.0 Å². The van der Waals surface area contributed by atoms with E-state index < -0.39 is 10.0 Å². The van der Waals surface area contributed by atoms with Crippen molar-refractivity contribution in [1.82, 2.24) is 4.31 Å². The zero-order valence-electron chi connectivity index (χ0n) is 12.4. The Balaban J connectivity index is 2.36. The molecule has 0 unspecified atom stereocenters. The molecule has 1 saturated heterocycles. The molecule has 0 aromatic heterocycles. The van der Waals surface area contributed by atoms with Gasteiger partial charge in [-0.05, 0) is 50.3 Å². The summed E-state index contributed by atoms with van der Waals surface area (Å²) >= 11 is 0. The molecule has 1 aromatic rings. The molecule has 1 aromatic carbocycles. The van der Waals surface area contributed by atoms with Crippen LogP contribution in [0.3, 0.4) is 0 Å². The van der Waals surface area contributed by atoms with Crippen LogP contribution in [0, 0.1) is 24.2 Å². The second-order valence-electron chi connectivity index (χ2n) is 5.72. The van der Waals surface area contributed by atoms with Crippen molar-refractivity contribution in [2.75, 3.05) is 13.1 Å². The summed E-state index contributed by atoms with van der Waals surface area (Å²) in [6.07, 6.45) is 1.78. The van der Waals surface area contributed by atoms with Crippen molar-refractivity contribution < 1.29 is 8.42 Å². The van der Waals surface area contributed by atoms with Crippen LogP contribution in [0.4, 0.5) is 0 Å². The summed E-state index contributed by atoms with van der Waals surface area (Å²) < 4.78 is 27.1. The van der Waals surface area contributed by atoms with E-state index in [1.165, 1.54) is 10.4 Å². The highest BCUT2D eigenvalue weighted by molar-refractivity contribution is 7.89. The van der Waals surface area contributed by atoms with Crippen molar-refractivity contribution in [3.63, 3.8) is 0 Å². The van der Waals surface area contributed by atoms with Crippen LogP contribution in [0.1, 0.15) is 30.9 Å². The Morgan fingerprint density at radius 2 is 2.19 bits per heavy atom. The van der Waals surface area contributed by atoms with Crippen molar-refractivity contribution in [2.45, 2.75) is 37.6 Å². The van der Waals surface area contributed by atoms with Crippen LogP contribution in [-0.4, -0.2) is 31.9 Å². The molecule has 0 spiro atoms. The minimum absolute atomic E-state index is 0.0189. The Kier molecular flexibility index (Phi) is 4.67. The number of sulfonamides is 1. The van der Waals surface area contributed by atoms with Crippen molar-refractivity contribution in [3.05, 3.63) is 29.3 Å². The van der Waals surface area contributed by atoms with E-state index in [1.807, 2.05) is 13.0 Å². The number of hydrogen-bond donors (Lipinski definition) is 1. The first-order valence-corrected chi connectivity index (χ1v) is 8.56. The SMILES string of the molecule is Cc1ccc(C#N)cc1S(=O)(=O)N1CCC[C@@H]([C@H](C)N)C1. The van der Waals surface area contributed by atoms with E-state index >= 15 is 0 Å². The smallest absolute Gasteiger partial charge is 0.243 e. The van der Waals surface area contributed by atoms with Gasteiger partial charge < -0.3 is 5.73 Å². The van der Waals surface area contributed by atoms with Crippen LogP contribution >= 0.6 is 0 Å². The van der Waals surface area contributed by atoms with Gasteiger partial charge in [0.1, 0.15) is 0 Å². The van der Waals surface area contributed by atoms with Crippen LogP contribution in [0.15, 0.2) is 23.1 Å². The zero-order chi connectivity index (χ0) is 15.6. The van der Waals surface area contributed by atoms with Gasteiger partial charge in [0, 0.05) is 19.1 Å². The molecule has 5 nitrogen and oxygen atoms in total. The van der Waals surface area contributed by atoms with Crippen molar-refractivity contribution >= 4 is 10.0 Å². The quantitative estimate of drug-likeness (QED) is 0.919. The number of nitriles is 1. The van der Waals surface area contributed by atoms with Crippen LogP contribution in [0.25, 0.3) is 0 Å². The number of aryl methyl sites for hydroxylation is 1. The number of nitrogens with two attached hydrogens (primary N) is 1. The molecule has 0 radical (unpaired) electrons. The van der Waals surface area contributed by atoms with E-state index in [-0.39, 0.29) is 16.9 Å². The van der Waals surface area contributed by atoms with Crippen molar-refractivity contribution in [1.29, 1.82) is 5.26 Å². The van der Waals surface area contributed by atoms with Gasteiger partial charge in [0.25, 0.3) is 0 Å². The average Bonchev–Trinajstić information content (AvgIpc) is 2.47. The molecular formula is C15H21N3O2S. The highest BCUT2D eigenvalue weighted by atomic mass is 32.2. The fraction of sp³-hybridized carbons (Fsp3) is 0.533. The van der Waals surface area contributed by atoms with Gasteiger partial charge in [-0.15, -0.1) is 0 Å². The lowest BCUT2D eigenvalue weighted by atomic mass is 9.93.